The standard InChI is InChI=1S/C17H17N3OS/c1-10(2)15(18-3)14-9-22-17(20-14)16(21)12-8-19-13-7-5-4-6-11(12)13/h4-10,19H,1-3H3/b18-15-. The minimum Gasteiger partial charge on any atom is -0.360 e. The van der Waals surface area contributed by atoms with Crippen molar-refractivity contribution >= 4 is 33.7 Å². The number of nitrogens with zero attached hydrogens (tertiary/aromatic N) is 2. The fourth-order valence-corrected chi connectivity index (χ4v) is 3.30. The van der Waals surface area contributed by atoms with Crippen LogP contribution >= 0.6 is 11.3 Å². The number of fused-ring (bicyclic) bond motifs is 1. The molecule has 5 heteroatoms. The molecule has 4 nitrogen and oxygen atoms in total. The Morgan fingerprint density at radius 2 is 2.09 bits per heavy atom. The maximum Gasteiger partial charge on any atom is 0.223 e. The average molecular weight is 311 g/mol. The van der Waals surface area contributed by atoms with Gasteiger partial charge in [0.05, 0.1) is 17.0 Å². The fourth-order valence-electron chi connectivity index (χ4n) is 2.54. The Morgan fingerprint density at radius 1 is 1.32 bits per heavy atom. The topological polar surface area (TPSA) is 58.1 Å². The maximum absolute atomic E-state index is 12.7. The molecule has 0 aliphatic heterocycles. The van der Waals surface area contributed by atoms with E-state index in [0.717, 1.165) is 22.3 Å². The Kier molecular flexibility index (Phi) is 3.90. The molecule has 0 bridgehead atoms. The molecule has 3 rings (SSSR count). The van der Waals surface area contributed by atoms with Gasteiger partial charge in [0.25, 0.3) is 0 Å². The second-order valence-electron chi connectivity index (χ2n) is 5.38. The molecule has 0 amide bonds. The zero-order valence-electron chi connectivity index (χ0n) is 12.8. The monoisotopic (exact) mass is 311 g/mol. The second-order valence-corrected chi connectivity index (χ2v) is 6.24. The Morgan fingerprint density at radius 3 is 2.82 bits per heavy atom. The van der Waals surface area contributed by atoms with Crippen molar-refractivity contribution in [3.8, 4) is 0 Å². The fraction of sp³-hybridized carbons (Fsp3) is 0.235. The normalized spacial score (nSPS) is 12.3. The van der Waals surface area contributed by atoms with Gasteiger partial charge in [0, 0.05) is 29.5 Å². The zero-order valence-corrected chi connectivity index (χ0v) is 13.6. The molecule has 22 heavy (non-hydrogen) atoms. The predicted molar refractivity (Wildman–Crippen MR) is 91.1 cm³/mol. The first-order valence-electron chi connectivity index (χ1n) is 7.15. The molecule has 0 radical (unpaired) electrons. The number of aromatic amines is 1. The molecule has 0 saturated carbocycles. The van der Waals surface area contributed by atoms with E-state index in [1.54, 1.807) is 13.2 Å². The van der Waals surface area contributed by atoms with Gasteiger partial charge in [-0.25, -0.2) is 4.98 Å². The van der Waals surface area contributed by atoms with E-state index in [-0.39, 0.29) is 11.7 Å². The average Bonchev–Trinajstić information content (AvgIpc) is 3.14. The van der Waals surface area contributed by atoms with E-state index in [1.165, 1.54) is 11.3 Å². The lowest BCUT2D eigenvalue weighted by Crippen LogP contribution is -2.10. The third kappa shape index (κ3) is 2.48. The number of H-pyrrole nitrogens is 1. The van der Waals surface area contributed by atoms with Gasteiger partial charge in [-0.1, -0.05) is 32.0 Å². The molecular formula is C17H17N3OS. The van der Waals surface area contributed by atoms with Gasteiger partial charge in [-0.05, 0) is 12.0 Å². The molecule has 0 fully saturated rings. The summed E-state index contributed by atoms with van der Waals surface area (Å²) in [4.78, 5) is 24.6. The minimum absolute atomic E-state index is 0.0482. The van der Waals surface area contributed by atoms with Gasteiger partial charge in [-0.15, -0.1) is 11.3 Å². The highest BCUT2D eigenvalue weighted by molar-refractivity contribution is 7.12. The highest BCUT2D eigenvalue weighted by Gasteiger charge is 2.19. The van der Waals surface area contributed by atoms with Gasteiger partial charge < -0.3 is 4.98 Å². The quantitative estimate of drug-likeness (QED) is 0.586. The van der Waals surface area contributed by atoms with E-state index in [0.29, 0.717) is 10.6 Å². The van der Waals surface area contributed by atoms with E-state index >= 15 is 0 Å². The Hall–Kier alpha value is -2.27. The summed E-state index contributed by atoms with van der Waals surface area (Å²) in [5.41, 5.74) is 3.34. The molecule has 0 aliphatic carbocycles. The predicted octanol–water partition coefficient (Wildman–Crippen LogP) is 3.93. The molecule has 3 aromatic rings. The molecule has 2 heterocycles. The summed E-state index contributed by atoms with van der Waals surface area (Å²) in [6, 6.07) is 7.78. The lowest BCUT2D eigenvalue weighted by Gasteiger charge is -2.05. The van der Waals surface area contributed by atoms with Crippen molar-refractivity contribution in [3.63, 3.8) is 0 Å². The molecule has 1 N–H and O–H groups in total. The van der Waals surface area contributed by atoms with Crippen LogP contribution in [0.4, 0.5) is 0 Å². The molecular weight excluding hydrogens is 294 g/mol. The van der Waals surface area contributed by atoms with Gasteiger partial charge in [-0.2, -0.15) is 0 Å². The highest BCUT2D eigenvalue weighted by Crippen LogP contribution is 2.23. The molecule has 0 unspecified atom stereocenters. The van der Waals surface area contributed by atoms with Crippen molar-refractivity contribution in [3.05, 3.63) is 52.1 Å². The molecule has 0 aliphatic rings. The first-order valence-corrected chi connectivity index (χ1v) is 8.03. The minimum atomic E-state index is -0.0482. The third-order valence-corrected chi connectivity index (χ3v) is 4.42. The maximum atomic E-state index is 12.7. The Bertz CT molecular complexity index is 858. The van der Waals surface area contributed by atoms with E-state index in [1.807, 2.05) is 29.6 Å². The van der Waals surface area contributed by atoms with E-state index in [9.17, 15) is 4.79 Å². The molecule has 2 aromatic heterocycles. The van der Waals surface area contributed by atoms with Crippen molar-refractivity contribution < 1.29 is 4.79 Å². The number of aliphatic imine (C=N–C) groups is 1. The number of ketones is 1. The number of hydrogen-bond acceptors (Lipinski definition) is 4. The van der Waals surface area contributed by atoms with Gasteiger partial charge >= 0.3 is 0 Å². The summed E-state index contributed by atoms with van der Waals surface area (Å²) in [5.74, 6) is 0.232. The number of aromatic nitrogens is 2. The summed E-state index contributed by atoms with van der Waals surface area (Å²) in [5, 5.41) is 3.34. The van der Waals surface area contributed by atoms with E-state index < -0.39 is 0 Å². The van der Waals surface area contributed by atoms with Crippen LogP contribution in [-0.2, 0) is 0 Å². The summed E-state index contributed by atoms with van der Waals surface area (Å²) < 4.78 is 0. The van der Waals surface area contributed by atoms with E-state index in [4.69, 9.17) is 0 Å². The summed E-state index contributed by atoms with van der Waals surface area (Å²) in [6.45, 7) is 4.14. The van der Waals surface area contributed by atoms with Gasteiger partial charge in [-0.3, -0.25) is 9.79 Å². The largest absolute Gasteiger partial charge is 0.360 e. The first kappa shape index (κ1) is 14.7. The third-order valence-electron chi connectivity index (χ3n) is 3.58. The second kappa shape index (κ2) is 5.85. The number of benzene rings is 1. The van der Waals surface area contributed by atoms with Crippen LogP contribution in [0.15, 0.2) is 40.8 Å². The van der Waals surface area contributed by atoms with Crippen LogP contribution in [0.3, 0.4) is 0 Å². The lowest BCUT2D eigenvalue weighted by molar-refractivity contribution is 0.104. The number of carbonyl (C=O) groups excluding carboxylic acids is 1. The van der Waals surface area contributed by atoms with Crippen LogP contribution in [0.1, 0.15) is 34.9 Å². The number of para-hydroxylation sites is 1. The Balaban J connectivity index is 1.98. The summed E-state index contributed by atoms with van der Waals surface area (Å²) in [7, 11) is 1.76. The number of hydrogen-bond donors (Lipinski definition) is 1. The highest BCUT2D eigenvalue weighted by atomic mass is 32.1. The van der Waals surface area contributed by atoms with E-state index in [2.05, 4.69) is 28.8 Å². The molecule has 112 valence electrons. The van der Waals surface area contributed by atoms with Gasteiger partial charge in [0.15, 0.2) is 5.01 Å². The zero-order chi connectivity index (χ0) is 15.7. The molecule has 0 atom stereocenters. The van der Waals surface area contributed by atoms with Crippen molar-refractivity contribution in [2.24, 2.45) is 10.9 Å². The van der Waals surface area contributed by atoms with Crippen molar-refractivity contribution in [2.45, 2.75) is 13.8 Å². The van der Waals surface area contributed by atoms with Crippen molar-refractivity contribution in [1.29, 1.82) is 0 Å². The van der Waals surface area contributed by atoms with Crippen LogP contribution in [0.2, 0.25) is 0 Å². The molecule has 0 saturated heterocycles. The van der Waals surface area contributed by atoms with Crippen molar-refractivity contribution in [1.82, 2.24) is 9.97 Å². The lowest BCUT2D eigenvalue weighted by atomic mass is 10.1. The van der Waals surface area contributed by atoms with Gasteiger partial charge in [0.1, 0.15) is 0 Å². The van der Waals surface area contributed by atoms with Crippen LogP contribution in [0.25, 0.3) is 10.9 Å². The first-order chi connectivity index (χ1) is 10.6. The Labute approximate surface area is 132 Å². The van der Waals surface area contributed by atoms with Crippen LogP contribution < -0.4 is 0 Å². The van der Waals surface area contributed by atoms with Crippen LogP contribution in [0.5, 0.6) is 0 Å². The number of carbonyl (C=O) groups is 1. The van der Waals surface area contributed by atoms with Crippen molar-refractivity contribution in [2.75, 3.05) is 7.05 Å². The number of nitrogens with one attached hydrogen (secondary N) is 1. The SMILES string of the molecule is C/N=C(\c1csc(C(=O)c2c[nH]c3ccccc23)n1)C(C)C. The summed E-state index contributed by atoms with van der Waals surface area (Å²) >= 11 is 1.37. The van der Waals surface area contributed by atoms with Crippen LogP contribution in [-0.4, -0.2) is 28.5 Å². The number of thiazole rings is 1. The smallest absolute Gasteiger partial charge is 0.223 e. The molecule has 1 aromatic carbocycles. The number of rotatable bonds is 4. The van der Waals surface area contributed by atoms with Gasteiger partial charge in [0.2, 0.25) is 5.78 Å². The van der Waals surface area contributed by atoms with Crippen LogP contribution in [0, 0.1) is 5.92 Å². The summed E-state index contributed by atoms with van der Waals surface area (Å²) in [6.07, 6.45) is 1.76. The molecule has 0 spiro atoms.